The van der Waals surface area contributed by atoms with Crippen molar-refractivity contribution in [1.82, 2.24) is 4.31 Å². The molecule has 20 heavy (non-hydrogen) atoms. The molecular weight excluding hydrogens is 287 g/mol. The fraction of sp³-hybridized carbons (Fsp3) is 0.500. The zero-order chi connectivity index (χ0) is 15.5. The third-order valence-electron chi connectivity index (χ3n) is 2.84. The number of hydrogen-bond acceptors (Lipinski definition) is 4. The summed E-state index contributed by atoms with van der Waals surface area (Å²) in [5.41, 5.74) is -1.01. The van der Waals surface area contributed by atoms with Crippen LogP contribution in [-0.4, -0.2) is 31.2 Å². The van der Waals surface area contributed by atoms with E-state index in [1.165, 1.54) is 7.05 Å². The van der Waals surface area contributed by atoms with Gasteiger partial charge in [0.2, 0.25) is 15.8 Å². The Hall–Kier alpha value is -1.54. The number of halogens is 1. The molecule has 0 aliphatic carbocycles. The first-order valence-electron chi connectivity index (χ1n) is 6.07. The number of nitro benzene ring substituents is 1. The summed E-state index contributed by atoms with van der Waals surface area (Å²) in [5.74, 6) is -0.872. The van der Waals surface area contributed by atoms with Gasteiger partial charge in [0.05, 0.1) is 4.92 Å². The Morgan fingerprint density at radius 2 is 2.00 bits per heavy atom. The molecule has 0 N–H and O–H groups in total. The van der Waals surface area contributed by atoms with Gasteiger partial charge in [-0.15, -0.1) is 0 Å². The van der Waals surface area contributed by atoms with Crippen LogP contribution in [0.4, 0.5) is 10.1 Å². The van der Waals surface area contributed by atoms with Gasteiger partial charge < -0.3 is 0 Å². The molecular formula is C12H17FN2O4S. The smallest absolute Gasteiger partial charge is 0.258 e. The number of hydrogen-bond donors (Lipinski definition) is 0. The summed E-state index contributed by atoms with van der Waals surface area (Å²) >= 11 is 0. The van der Waals surface area contributed by atoms with Crippen molar-refractivity contribution in [3.8, 4) is 0 Å². The second-order valence-electron chi connectivity index (χ2n) is 4.85. The predicted octanol–water partition coefficient (Wildman–Crippen LogP) is 2.40. The van der Waals surface area contributed by atoms with Gasteiger partial charge in [0.1, 0.15) is 0 Å². The fourth-order valence-corrected chi connectivity index (χ4v) is 2.96. The van der Waals surface area contributed by atoms with Gasteiger partial charge in [-0.2, -0.15) is 4.39 Å². The third-order valence-corrected chi connectivity index (χ3v) is 4.73. The van der Waals surface area contributed by atoms with Crippen LogP contribution in [0.15, 0.2) is 23.1 Å². The molecule has 0 aliphatic heterocycles. The van der Waals surface area contributed by atoms with Crippen molar-refractivity contribution in [1.29, 1.82) is 0 Å². The minimum atomic E-state index is -4.08. The molecule has 0 spiro atoms. The lowest BCUT2D eigenvalue weighted by Gasteiger charge is -2.18. The Morgan fingerprint density at radius 3 is 2.50 bits per heavy atom. The maximum Gasteiger partial charge on any atom is 0.324 e. The largest absolute Gasteiger partial charge is 0.324 e. The van der Waals surface area contributed by atoms with Crippen LogP contribution in [0.3, 0.4) is 0 Å². The van der Waals surface area contributed by atoms with Gasteiger partial charge >= 0.3 is 5.69 Å². The molecule has 0 saturated heterocycles. The molecule has 1 aromatic rings. The topological polar surface area (TPSA) is 80.5 Å². The standard InChI is InChI=1S/C12H17FN2O4S/c1-9(2)7-8-14(3)20(18,19)11-6-4-5-10(13)12(11)15(16)17/h4-6,9H,7-8H2,1-3H3. The average molecular weight is 304 g/mol. The predicted molar refractivity (Wildman–Crippen MR) is 72.3 cm³/mol. The van der Waals surface area contributed by atoms with E-state index in [0.29, 0.717) is 6.42 Å². The zero-order valence-electron chi connectivity index (χ0n) is 11.5. The van der Waals surface area contributed by atoms with Crippen LogP contribution in [0.25, 0.3) is 0 Å². The maximum atomic E-state index is 13.5. The van der Waals surface area contributed by atoms with Crippen molar-refractivity contribution in [2.45, 2.75) is 25.2 Å². The van der Waals surface area contributed by atoms with Crippen molar-refractivity contribution in [2.75, 3.05) is 13.6 Å². The van der Waals surface area contributed by atoms with Crippen LogP contribution in [0, 0.1) is 21.8 Å². The molecule has 8 heteroatoms. The Labute approximate surface area is 117 Å². The highest BCUT2D eigenvalue weighted by atomic mass is 32.2. The molecule has 0 aliphatic rings. The normalized spacial score (nSPS) is 12.1. The van der Waals surface area contributed by atoms with Crippen LogP contribution in [0.2, 0.25) is 0 Å². The van der Waals surface area contributed by atoms with Crippen molar-refractivity contribution in [3.05, 3.63) is 34.1 Å². The molecule has 6 nitrogen and oxygen atoms in total. The van der Waals surface area contributed by atoms with Gasteiger partial charge in [-0.3, -0.25) is 10.1 Å². The van der Waals surface area contributed by atoms with E-state index >= 15 is 0 Å². The van der Waals surface area contributed by atoms with Crippen LogP contribution >= 0.6 is 0 Å². The molecule has 0 bridgehead atoms. The van der Waals surface area contributed by atoms with E-state index in [-0.39, 0.29) is 12.5 Å². The SMILES string of the molecule is CC(C)CCN(C)S(=O)(=O)c1cccc(F)c1[N+](=O)[O-]. The van der Waals surface area contributed by atoms with E-state index in [1.807, 2.05) is 13.8 Å². The summed E-state index contributed by atoms with van der Waals surface area (Å²) in [6.45, 7) is 4.09. The van der Waals surface area contributed by atoms with Gasteiger partial charge in [0.15, 0.2) is 4.90 Å². The Kier molecular flexibility index (Phi) is 5.18. The average Bonchev–Trinajstić information content (AvgIpc) is 2.34. The number of benzene rings is 1. The number of para-hydroxylation sites is 1. The first-order chi connectivity index (χ1) is 9.17. The Balaban J connectivity index is 3.22. The van der Waals surface area contributed by atoms with Crippen LogP contribution in [0.1, 0.15) is 20.3 Å². The number of nitro groups is 1. The first-order valence-corrected chi connectivity index (χ1v) is 7.51. The van der Waals surface area contributed by atoms with Crippen LogP contribution in [-0.2, 0) is 10.0 Å². The van der Waals surface area contributed by atoms with E-state index < -0.39 is 31.3 Å². The molecule has 0 saturated carbocycles. The minimum absolute atomic E-state index is 0.216. The van der Waals surface area contributed by atoms with Gasteiger partial charge in [-0.05, 0) is 24.5 Å². The van der Waals surface area contributed by atoms with Crippen molar-refractivity contribution in [3.63, 3.8) is 0 Å². The van der Waals surface area contributed by atoms with Crippen molar-refractivity contribution < 1.29 is 17.7 Å². The van der Waals surface area contributed by atoms with Crippen molar-refractivity contribution in [2.24, 2.45) is 5.92 Å². The zero-order valence-corrected chi connectivity index (χ0v) is 12.4. The second-order valence-corrected chi connectivity index (χ2v) is 6.87. The lowest BCUT2D eigenvalue weighted by molar-refractivity contribution is -0.390. The number of nitrogens with zero attached hydrogens (tertiary/aromatic N) is 2. The lowest BCUT2D eigenvalue weighted by Crippen LogP contribution is -2.29. The molecule has 0 radical (unpaired) electrons. The molecule has 0 amide bonds. The Bertz CT molecular complexity index is 601. The van der Waals surface area contributed by atoms with E-state index in [2.05, 4.69) is 0 Å². The van der Waals surface area contributed by atoms with Crippen molar-refractivity contribution >= 4 is 15.7 Å². The summed E-state index contributed by atoms with van der Waals surface area (Å²) in [7, 11) is -2.76. The van der Waals surface area contributed by atoms with E-state index in [0.717, 1.165) is 22.5 Å². The van der Waals surface area contributed by atoms with Crippen LogP contribution in [0.5, 0.6) is 0 Å². The highest BCUT2D eigenvalue weighted by Crippen LogP contribution is 2.28. The Morgan fingerprint density at radius 1 is 1.40 bits per heavy atom. The molecule has 0 aromatic heterocycles. The van der Waals surface area contributed by atoms with Gasteiger partial charge in [-0.25, -0.2) is 12.7 Å². The number of sulfonamides is 1. The van der Waals surface area contributed by atoms with Gasteiger partial charge in [0, 0.05) is 13.6 Å². The van der Waals surface area contributed by atoms with Gasteiger partial charge in [-0.1, -0.05) is 19.9 Å². The fourth-order valence-electron chi connectivity index (χ4n) is 1.61. The van der Waals surface area contributed by atoms with Gasteiger partial charge in [0.25, 0.3) is 0 Å². The summed E-state index contributed by atoms with van der Waals surface area (Å²) in [6, 6.07) is 3.05. The molecule has 0 unspecified atom stereocenters. The van der Waals surface area contributed by atoms with E-state index in [4.69, 9.17) is 0 Å². The molecule has 1 rings (SSSR count). The monoisotopic (exact) mass is 304 g/mol. The van der Waals surface area contributed by atoms with Crippen LogP contribution < -0.4 is 0 Å². The molecule has 112 valence electrons. The third kappa shape index (κ3) is 3.51. The first kappa shape index (κ1) is 16.5. The molecule has 0 atom stereocenters. The summed E-state index contributed by atoms with van der Waals surface area (Å²) in [6.07, 6.45) is 0.610. The minimum Gasteiger partial charge on any atom is -0.258 e. The highest BCUT2D eigenvalue weighted by molar-refractivity contribution is 7.89. The molecule has 1 aromatic carbocycles. The molecule has 0 heterocycles. The summed E-state index contributed by atoms with van der Waals surface area (Å²) in [5, 5.41) is 10.9. The maximum absolute atomic E-state index is 13.5. The summed E-state index contributed by atoms with van der Waals surface area (Å²) < 4.78 is 39.0. The highest BCUT2D eigenvalue weighted by Gasteiger charge is 2.32. The second kappa shape index (κ2) is 6.27. The quantitative estimate of drug-likeness (QED) is 0.597. The number of rotatable bonds is 6. The lowest BCUT2D eigenvalue weighted by atomic mass is 10.1. The molecule has 0 fully saturated rings. The van der Waals surface area contributed by atoms with E-state index in [1.54, 1.807) is 0 Å². The van der Waals surface area contributed by atoms with E-state index in [9.17, 15) is 22.9 Å². The summed E-state index contributed by atoms with van der Waals surface area (Å²) in [4.78, 5) is 9.23.